The second kappa shape index (κ2) is 8.89. The summed E-state index contributed by atoms with van der Waals surface area (Å²) in [5, 5.41) is 11.5. The van der Waals surface area contributed by atoms with Gasteiger partial charge in [-0.2, -0.15) is 10.1 Å². The predicted molar refractivity (Wildman–Crippen MR) is 108 cm³/mol. The molecular weight excluding hydrogens is 364 g/mol. The van der Waals surface area contributed by atoms with Crippen molar-refractivity contribution in [3.8, 4) is 5.88 Å². The first kappa shape index (κ1) is 19.9. The normalized spacial score (nSPS) is 20.1. The van der Waals surface area contributed by atoms with Gasteiger partial charge in [0.15, 0.2) is 0 Å². The number of rotatable bonds is 7. The summed E-state index contributed by atoms with van der Waals surface area (Å²) >= 11 is 6.24. The van der Waals surface area contributed by atoms with Gasteiger partial charge in [0.1, 0.15) is 5.02 Å². The minimum Gasteiger partial charge on any atom is -0.476 e. The Labute approximate surface area is 165 Å². The molecule has 27 heavy (non-hydrogen) atoms. The molecule has 1 aliphatic carbocycles. The number of hydrogen-bond donors (Lipinski definition) is 2. The first-order valence-corrected chi connectivity index (χ1v) is 9.99. The second-order valence-electron chi connectivity index (χ2n) is 7.49. The Morgan fingerprint density at radius 1 is 1.30 bits per heavy atom. The second-order valence-corrected chi connectivity index (χ2v) is 7.90. The van der Waals surface area contributed by atoms with E-state index >= 15 is 0 Å². The zero-order valence-electron chi connectivity index (χ0n) is 16.5. The van der Waals surface area contributed by atoms with Gasteiger partial charge in [-0.3, -0.25) is 4.68 Å². The van der Waals surface area contributed by atoms with Crippen LogP contribution in [0.25, 0.3) is 0 Å². The number of nitrogens with zero attached hydrogens (tertiary/aromatic N) is 4. The summed E-state index contributed by atoms with van der Waals surface area (Å²) < 4.78 is 7.84. The lowest BCUT2D eigenvalue weighted by Gasteiger charge is -2.28. The van der Waals surface area contributed by atoms with Gasteiger partial charge in [-0.25, -0.2) is 4.98 Å². The van der Waals surface area contributed by atoms with Gasteiger partial charge in [-0.05, 0) is 59.4 Å². The van der Waals surface area contributed by atoms with E-state index in [0.717, 1.165) is 24.2 Å². The van der Waals surface area contributed by atoms with E-state index in [1.54, 1.807) is 6.20 Å². The number of nitrogens with one attached hydrogen (secondary N) is 2. The maximum Gasteiger partial charge on any atom is 0.237 e. The maximum atomic E-state index is 6.24. The number of aromatic nitrogens is 4. The van der Waals surface area contributed by atoms with Gasteiger partial charge in [0.25, 0.3) is 0 Å². The molecule has 2 aromatic rings. The number of hydrogen-bond acceptors (Lipinski definition) is 6. The van der Waals surface area contributed by atoms with Crippen LogP contribution in [0.2, 0.25) is 5.02 Å². The van der Waals surface area contributed by atoms with Crippen LogP contribution in [-0.2, 0) is 0 Å². The van der Waals surface area contributed by atoms with Gasteiger partial charge < -0.3 is 15.4 Å². The molecule has 1 fully saturated rings. The molecule has 7 nitrogen and oxygen atoms in total. The van der Waals surface area contributed by atoms with Crippen LogP contribution in [-0.4, -0.2) is 39.4 Å². The summed E-state index contributed by atoms with van der Waals surface area (Å²) in [4.78, 5) is 8.72. The highest BCUT2D eigenvalue weighted by atomic mass is 35.5. The quantitative estimate of drug-likeness (QED) is 0.738. The van der Waals surface area contributed by atoms with Gasteiger partial charge in [-0.15, -0.1) is 0 Å². The van der Waals surface area contributed by atoms with Crippen molar-refractivity contribution in [2.45, 2.75) is 58.5 Å². The number of ether oxygens (including phenoxy) is 1. The lowest BCUT2D eigenvalue weighted by atomic mass is 9.87. The molecule has 0 aromatic carbocycles. The molecule has 2 heterocycles. The number of anilines is 2. The summed E-state index contributed by atoms with van der Waals surface area (Å²) in [6.45, 7) is 6.77. The van der Waals surface area contributed by atoms with Crippen LogP contribution < -0.4 is 15.4 Å². The highest BCUT2D eigenvalue weighted by Crippen LogP contribution is 2.28. The molecule has 0 aliphatic heterocycles. The van der Waals surface area contributed by atoms with Crippen molar-refractivity contribution >= 4 is 23.2 Å². The van der Waals surface area contributed by atoms with Crippen molar-refractivity contribution in [3.63, 3.8) is 0 Å². The summed E-state index contributed by atoms with van der Waals surface area (Å²) in [7, 11) is 2.03. The lowest BCUT2D eigenvalue weighted by molar-refractivity contribution is 0.189. The van der Waals surface area contributed by atoms with Crippen LogP contribution in [0.4, 0.5) is 11.6 Å². The highest BCUT2D eigenvalue weighted by molar-refractivity contribution is 6.31. The molecule has 1 saturated carbocycles. The lowest BCUT2D eigenvalue weighted by Crippen LogP contribution is -2.31. The molecule has 0 atom stereocenters. The van der Waals surface area contributed by atoms with Crippen LogP contribution in [0.3, 0.4) is 0 Å². The van der Waals surface area contributed by atoms with Crippen molar-refractivity contribution in [2.75, 3.05) is 19.0 Å². The van der Waals surface area contributed by atoms with Crippen molar-refractivity contribution in [3.05, 3.63) is 23.1 Å². The van der Waals surface area contributed by atoms with Crippen molar-refractivity contribution in [2.24, 2.45) is 5.92 Å². The standard InChI is InChI=1S/C19H29ClN6O/c1-12(2)26-10-17(13(3)25-26)23-19-22-9-16(20)18(24-19)27-11-14-5-7-15(21-4)8-6-14/h9-10,12,14-15,21H,5-8,11H2,1-4H3,(H,22,23,24). The average Bonchev–Trinajstić information content (AvgIpc) is 3.03. The first-order chi connectivity index (χ1) is 13.0. The molecule has 0 amide bonds. The molecule has 0 radical (unpaired) electrons. The predicted octanol–water partition coefficient (Wildman–Crippen LogP) is 4.12. The maximum absolute atomic E-state index is 6.24. The van der Waals surface area contributed by atoms with Gasteiger partial charge in [0.05, 0.1) is 24.2 Å². The van der Waals surface area contributed by atoms with E-state index < -0.39 is 0 Å². The Morgan fingerprint density at radius 2 is 2.04 bits per heavy atom. The average molecular weight is 393 g/mol. The zero-order valence-corrected chi connectivity index (χ0v) is 17.3. The molecular formula is C19H29ClN6O. The summed E-state index contributed by atoms with van der Waals surface area (Å²) in [6, 6.07) is 0.928. The van der Waals surface area contributed by atoms with Crippen LogP contribution in [0, 0.1) is 12.8 Å². The van der Waals surface area contributed by atoms with Gasteiger partial charge in [0.2, 0.25) is 11.8 Å². The fourth-order valence-electron chi connectivity index (χ4n) is 3.32. The van der Waals surface area contributed by atoms with Gasteiger partial charge in [0, 0.05) is 18.3 Å². The Balaban J connectivity index is 1.62. The van der Waals surface area contributed by atoms with Crippen LogP contribution in [0.15, 0.2) is 12.4 Å². The minimum absolute atomic E-state index is 0.294. The van der Waals surface area contributed by atoms with Crippen LogP contribution >= 0.6 is 11.6 Å². The highest BCUT2D eigenvalue weighted by Gasteiger charge is 2.21. The minimum atomic E-state index is 0.294. The molecule has 8 heteroatoms. The van der Waals surface area contributed by atoms with Crippen molar-refractivity contribution in [1.82, 2.24) is 25.1 Å². The Hall–Kier alpha value is -1.86. The fraction of sp³-hybridized carbons (Fsp3) is 0.632. The molecule has 2 aromatic heterocycles. The molecule has 0 unspecified atom stereocenters. The topological polar surface area (TPSA) is 76.9 Å². The Morgan fingerprint density at radius 3 is 2.67 bits per heavy atom. The van der Waals surface area contributed by atoms with E-state index in [2.05, 4.69) is 39.5 Å². The Kier molecular flexibility index (Phi) is 6.55. The first-order valence-electron chi connectivity index (χ1n) is 9.61. The molecule has 0 saturated heterocycles. The number of halogens is 1. The molecule has 1 aliphatic rings. The van der Waals surface area contributed by atoms with E-state index in [4.69, 9.17) is 16.3 Å². The van der Waals surface area contributed by atoms with E-state index in [0.29, 0.717) is 41.5 Å². The van der Waals surface area contributed by atoms with Gasteiger partial charge in [-0.1, -0.05) is 11.6 Å². The summed E-state index contributed by atoms with van der Waals surface area (Å²) in [5.74, 6) is 1.43. The largest absolute Gasteiger partial charge is 0.476 e. The van der Waals surface area contributed by atoms with E-state index in [9.17, 15) is 0 Å². The smallest absolute Gasteiger partial charge is 0.237 e. The Bertz CT molecular complexity index is 755. The van der Waals surface area contributed by atoms with Crippen LogP contribution in [0.1, 0.15) is 51.3 Å². The molecule has 148 valence electrons. The number of aryl methyl sites for hydroxylation is 1. The molecule has 3 rings (SSSR count). The monoisotopic (exact) mass is 392 g/mol. The third-order valence-electron chi connectivity index (χ3n) is 5.11. The third-order valence-corrected chi connectivity index (χ3v) is 5.37. The van der Waals surface area contributed by atoms with E-state index in [-0.39, 0.29) is 0 Å². The molecule has 2 N–H and O–H groups in total. The summed E-state index contributed by atoms with van der Waals surface area (Å²) in [6.07, 6.45) is 8.23. The van der Waals surface area contributed by atoms with E-state index in [1.165, 1.54) is 12.8 Å². The van der Waals surface area contributed by atoms with Crippen molar-refractivity contribution < 1.29 is 4.74 Å². The fourth-order valence-corrected chi connectivity index (χ4v) is 3.46. The van der Waals surface area contributed by atoms with Gasteiger partial charge >= 0.3 is 0 Å². The SMILES string of the molecule is CNC1CCC(COc2nc(Nc3cn(C(C)C)nc3C)ncc2Cl)CC1. The van der Waals surface area contributed by atoms with Crippen LogP contribution in [0.5, 0.6) is 5.88 Å². The van der Waals surface area contributed by atoms with E-state index in [1.807, 2.05) is 24.9 Å². The van der Waals surface area contributed by atoms with Crippen molar-refractivity contribution in [1.29, 1.82) is 0 Å². The third kappa shape index (κ3) is 5.11. The molecule has 0 spiro atoms. The molecule has 0 bridgehead atoms. The summed E-state index contributed by atoms with van der Waals surface area (Å²) in [5.41, 5.74) is 1.77. The zero-order chi connectivity index (χ0) is 19.4.